The van der Waals surface area contributed by atoms with Crippen molar-refractivity contribution in [3.05, 3.63) is 27.1 Å². The average Bonchev–Trinajstić information content (AvgIpc) is 2.17. The Labute approximate surface area is 105 Å². The molecule has 1 unspecified atom stereocenters. The molecule has 1 rings (SSSR count). The Balaban J connectivity index is 2.92. The molecule has 3 nitrogen and oxygen atoms in total. The van der Waals surface area contributed by atoms with E-state index in [1.54, 1.807) is 19.1 Å². The zero-order valence-electron chi connectivity index (χ0n) is 8.04. The number of carboxylic acid groups (broad SMARTS) is 1. The number of rotatable bonds is 4. The SMILES string of the molecule is CCC(Oc1c(Br)cccc1Br)C(=O)O. The third kappa shape index (κ3) is 3.21. The van der Waals surface area contributed by atoms with Crippen molar-refractivity contribution in [2.45, 2.75) is 19.4 Å². The number of para-hydroxylation sites is 1. The van der Waals surface area contributed by atoms with E-state index in [2.05, 4.69) is 31.9 Å². The molecular weight excluding hydrogens is 328 g/mol. The number of carboxylic acids is 1. The number of ether oxygens (including phenoxy) is 1. The standard InChI is InChI=1S/C10H10Br2O3/c1-2-8(10(13)14)15-9-6(11)4-3-5-7(9)12/h3-5,8H,2H2,1H3,(H,13,14). The van der Waals surface area contributed by atoms with Gasteiger partial charge in [0.15, 0.2) is 6.10 Å². The van der Waals surface area contributed by atoms with Gasteiger partial charge in [-0.2, -0.15) is 0 Å². The largest absolute Gasteiger partial charge is 0.479 e. The fourth-order valence-electron chi connectivity index (χ4n) is 1.05. The molecule has 0 aromatic heterocycles. The van der Waals surface area contributed by atoms with Gasteiger partial charge in [0.2, 0.25) is 0 Å². The van der Waals surface area contributed by atoms with Crippen LogP contribution in [-0.2, 0) is 4.79 Å². The van der Waals surface area contributed by atoms with Gasteiger partial charge < -0.3 is 9.84 Å². The highest BCUT2D eigenvalue weighted by molar-refractivity contribution is 9.11. The Morgan fingerprint density at radius 2 is 2.00 bits per heavy atom. The minimum Gasteiger partial charge on any atom is -0.479 e. The summed E-state index contributed by atoms with van der Waals surface area (Å²) in [7, 11) is 0. The summed E-state index contributed by atoms with van der Waals surface area (Å²) in [5, 5.41) is 8.86. The minimum absolute atomic E-state index is 0.420. The van der Waals surface area contributed by atoms with Gasteiger partial charge in [-0.3, -0.25) is 0 Å². The van der Waals surface area contributed by atoms with E-state index >= 15 is 0 Å². The van der Waals surface area contributed by atoms with Crippen molar-refractivity contribution >= 4 is 37.8 Å². The second kappa shape index (κ2) is 5.51. The van der Waals surface area contributed by atoms with Gasteiger partial charge in [0.1, 0.15) is 5.75 Å². The van der Waals surface area contributed by atoms with Crippen molar-refractivity contribution in [3.63, 3.8) is 0 Å². The molecule has 82 valence electrons. The van der Waals surface area contributed by atoms with Crippen LogP contribution in [-0.4, -0.2) is 17.2 Å². The fraction of sp³-hybridized carbons (Fsp3) is 0.300. The maximum atomic E-state index is 10.8. The maximum Gasteiger partial charge on any atom is 0.344 e. The molecular formula is C10H10Br2O3. The molecule has 0 spiro atoms. The zero-order chi connectivity index (χ0) is 11.4. The highest BCUT2D eigenvalue weighted by atomic mass is 79.9. The molecule has 1 N–H and O–H groups in total. The predicted octanol–water partition coefficient (Wildman–Crippen LogP) is 3.45. The third-order valence-electron chi connectivity index (χ3n) is 1.83. The summed E-state index contributed by atoms with van der Waals surface area (Å²) >= 11 is 6.61. The summed E-state index contributed by atoms with van der Waals surface area (Å²) in [4.78, 5) is 10.8. The molecule has 0 radical (unpaired) electrons. The first-order valence-corrected chi connectivity index (χ1v) is 5.98. The first-order chi connectivity index (χ1) is 7.06. The zero-order valence-corrected chi connectivity index (χ0v) is 11.2. The van der Waals surface area contributed by atoms with Crippen LogP contribution in [0.25, 0.3) is 0 Å². The number of hydrogen-bond acceptors (Lipinski definition) is 2. The van der Waals surface area contributed by atoms with Gasteiger partial charge in [-0.25, -0.2) is 4.79 Å². The van der Waals surface area contributed by atoms with Gasteiger partial charge in [-0.1, -0.05) is 13.0 Å². The van der Waals surface area contributed by atoms with E-state index in [9.17, 15) is 4.79 Å². The Kier molecular flexibility index (Phi) is 4.60. The molecule has 0 aliphatic rings. The van der Waals surface area contributed by atoms with Crippen LogP contribution < -0.4 is 4.74 Å². The van der Waals surface area contributed by atoms with Crippen LogP contribution in [0.4, 0.5) is 0 Å². The van der Waals surface area contributed by atoms with Gasteiger partial charge in [-0.05, 0) is 50.4 Å². The van der Waals surface area contributed by atoms with Gasteiger partial charge >= 0.3 is 5.97 Å². The summed E-state index contributed by atoms with van der Waals surface area (Å²) in [6.45, 7) is 1.77. The monoisotopic (exact) mass is 336 g/mol. The molecule has 0 bridgehead atoms. The normalized spacial score (nSPS) is 12.2. The number of hydrogen-bond donors (Lipinski definition) is 1. The summed E-state index contributed by atoms with van der Waals surface area (Å²) in [6.07, 6.45) is -0.400. The fourth-order valence-corrected chi connectivity index (χ4v) is 2.23. The maximum absolute atomic E-state index is 10.8. The number of carbonyl (C=O) groups is 1. The minimum atomic E-state index is -0.958. The molecule has 0 amide bonds. The first-order valence-electron chi connectivity index (χ1n) is 4.39. The molecule has 0 saturated heterocycles. The average molecular weight is 338 g/mol. The molecule has 0 aliphatic carbocycles. The van der Waals surface area contributed by atoms with Gasteiger partial charge in [0, 0.05) is 0 Å². The lowest BCUT2D eigenvalue weighted by atomic mass is 10.3. The molecule has 0 saturated carbocycles. The first kappa shape index (κ1) is 12.5. The lowest BCUT2D eigenvalue weighted by Crippen LogP contribution is -2.26. The molecule has 1 aromatic rings. The van der Waals surface area contributed by atoms with Crippen molar-refractivity contribution in [2.24, 2.45) is 0 Å². The van der Waals surface area contributed by atoms with Crippen LogP contribution in [0.5, 0.6) is 5.75 Å². The van der Waals surface area contributed by atoms with Crippen LogP contribution in [0.1, 0.15) is 13.3 Å². The van der Waals surface area contributed by atoms with E-state index in [4.69, 9.17) is 9.84 Å². The smallest absolute Gasteiger partial charge is 0.344 e. The molecule has 5 heteroatoms. The Hall–Kier alpha value is -0.550. The van der Waals surface area contributed by atoms with Crippen LogP contribution in [0, 0.1) is 0 Å². The van der Waals surface area contributed by atoms with Crippen molar-refractivity contribution in [3.8, 4) is 5.75 Å². The number of benzene rings is 1. The van der Waals surface area contributed by atoms with Crippen molar-refractivity contribution in [1.82, 2.24) is 0 Å². The Morgan fingerprint density at radius 3 is 2.40 bits per heavy atom. The van der Waals surface area contributed by atoms with E-state index in [0.717, 1.165) is 8.95 Å². The van der Waals surface area contributed by atoms with Crippen LogP contribution >= 0.6 is 31.9 Å². The van der Waals surface area contributed by atoms with Crippen molar-refractivity contribution in [2.75, 3.05) is 0 Å². The number of aliphatic carboxylic acids is 1. The highest BCUT2D eigenvalue weighted by Crippen LogP contribution is 2.33. The lowest BCUT2D eigenvalue weighted by Gasteiger charge is -2.15. The van der Waals surface area contributed by atoms with E-state index < -0.39 is 12.1 Å². The lowest BCUT2D eigenvalue weighted by molar-refractivity contribution is -0.145. The van der Waals surface area contributed by atoms with Crippen molar-refractivity contribution in [1.29, 1.82) is 0 Å². The van der Waals surface area contributed by atoms with E-state index in [1.807, 2.05) is 6.07 Å². The van der Waals surface area contributed by atoms with Crippen LogP contribution in [0.3, 0.4) is 0 Å². The molecule has 0 fully saturated rings. The van der Waals surface area contributed by atoms with Gasteiger partial charge in [-0.15, -0.1) is 0 Å². The van der Waals surface area contributed by atoms with E-state index in [-0.39, 0.29) is 0 Å². The molecule has 0 heterocycles. The number of halogens is 2. The predicted molar refractivity (Wildman–Crippen MR) is 64.2 cm³/mol. The highest BCUT2D eigenvalue weighted by Gasteiger charge is 2.19. The molecule has 1 atom stereocenters. The van der Waals surface area contributed by atoms with Crippen LogP contribution in [0.2, 0.25) is 0 Å². The quantitative estimate of drug-likeness (QED) is 0.915. The Bertz CT molecular complexity index is 345. The molecule has 15 heavy (non-hydrogen) atoms. The second-order valence-corrected chi connectivity index (χ2v) is 4.61. The summed E-state index contributed by atoms with van der Waals surface area (Å²) in [5.41, 5.74) is 0. The second-order valence-electron chi connectivity index (χ2n) is 2.90. The van der Waals surface area contributed by atoms with Crippen molar-refractivity contribution < 1.29 is 14.6 Å². The molecule has 1 aromatic carbocycles. The summed E-state index contributed by atoms with van der Waals surface area (Å²) in [5.74, 6) is -0.438. The van der Waals surface area contributed by atoms with Gasteiger partial charge in [0.25, 0.3) is 0 Å². The third-order valence-corrected chi connectivity index (χ3v) is 3.07. The topological polar surface area (TPSA) is 46.5 Å². The van der Waals surface area contributed by atoms with E-state index in [1.165, 1.54) is 0 Å². The molecule has 0 aliphatic heterocycles. The Morgan fingerprint density at radius 1 is 1.47 bits per heavy atom. The van der Waals surface area contributed by atoms with Crippen LogP contribution in [0.15, 0.2) is 27.1 Å². The van der Waals surface area contributed by atoms with Gasteiger partial charge in [0.05, 0.1) is 8.95 Å². The van der Waals surface area contributed by atoms with E-state index in [0.29, 0.717) is 12.2 Å². The summed E-state index contributed by atoms with van der Waals surface area (Å²) < 4.78 is 6.86. The summed E-state index contributed by atoms with van der Waals surface area (Å²) in [6, 6.07) is 5.44.